The second-order valence-corrected chi connectivity index (χ2v) is 5.39. The third-order valence-electron chi connectivity index (χ3n) is 3.65. The minimum atomic E-state index is -4.50. The summed E-state index contributed by atoms with van der Waals surface area (Å²) < 4.78 is 57.3. The van der Waals surface area contributed by atoms with Crippen molar-refractivity contribution in [2.45, 2.75) is 6.18 Å². The fourth-order valence-electron chi connectivity index (χ4n) is 2.45. The fraction of sp³-hybridized carbons (Fsp3) is 0.111. The average molecular weight is 364 g/mol. The van der Waals surface area contributed by atoms with Crippen molar-refractivity contribution >= 4 is 28.2 Å². The molecule has 0 radical (unpaired) electrons. The molecule has 2 aromatic carbocycles. The van der Waals surface area contributed by atoms with Gasteiger partial charge >= 0.3 is 12.1 Å². The minimum Gasteiger partial charge on any atom is -0.464 e. The number of halogens is 4. The summed E-state index contributed by atoms with van der Waals surface area (Å²) in [7, 11) is 1.15. The largest absolute Gasteiger partial charge is 0.464 e. The van der Waals surface area contributed by atoms with E-state index in [1.807, 2.05) is 0 Å². The topological polar surface area (TPSA) is 51.2 Å². The summed E-state index contributed by atoms with van der Waals surface area (Å²) in [6.07, 6.45) is -4.50. The third-order valence-corrected chi connectivity index (χ3v) is 3.65. The molecule has 4 nitrogen and oxygen atoms in total. The highest BCUT2D eigenvalue weighted by Gasteiger charge is 2.30. The van der Waals surface area contributed by atoms with Gasteiger partial charge in [-0.1, -0.05) is 18.2 Å². The Balaban J connectivity index is 2.12. The summed E-state index contributed by atoms with van der Waals surface area (Å²) in [5.74, 6) is -1.46. The number of nitrogens with zero attached hydrogens (tertiary/aromatic N) is 1. The molecule has 134 valence electrons. The fourth-order valence-corrected chi connectivity index (χ4v) is 2.45. The van der Waals surface area contributed by atoms with Crippen LogP contribution in [0.5, 0.6) is 0 Å². The smallest absolute Gasteiger partial charge is 0.416 e. The first-order chi connectivity index (χ1) is 12.3. The molecule has 0 aliphatic carbocycles. The SMILES string of the molecule is COC(=O)c1cc(Nc2cccc(C(F)(F)F)c2)c2cccc(F)c2n1. The van der Waals surface area contributed by atoms with Crippen LogP contribution < -0.4 is 5.32 Å². The zero-order valence-electron chi connectivity index (χ0n) is 13.4. The molecule has 26 heavy (non-hydrogen) atoms. The number of methoxy groups -OCH3 is 1. The number of aromatic nitrogens is 1. The van der Waals surface area contributed by atoms with Crippen LogP contribution in [0.25, 0.3) is 10.9 Å². The molecule has 3 aromatic rings. The summed E-state index contributed by atoms with van der Waals surface area (Å²) in [6, 6.07) is 9.99. The maximum atomic E-state index is 14.1. The van der Waals surface area contributed by atoms with E-state index in [9.17, 15) is 22.4 Å². The van der Waals surface area contributed by atoms with Crippen LogP contribution in [0, 0.1) is 5.82 Å². The summed E-state index contributed by atoms with van der Waals surface area (Å²) >= 11 is 0. The molecular weight excluding hydrogens is 352 g/mol. The van der Waals surface area contributed by atoms with Gasteiger partial charge in [-0.05, 0) is 30.3 Å². The summed E-state index contributed by atoms with van der Waals surface area (Å²) in [5, 5.41) is 3.11. The number of anilines is 2. The number of para-hydroxylation sites is 1. The summed E-state index contributed by atoms with van der Waals surface area (Å²) in [4.78, 5) is 15.7. The lowest BCUT2D eigenvalue weighted by Crippen LogP contribution is -2.07. The Morgan fingerprint density at radius 3 is 2.54 bits per heavy atom. The van der Waals surface area contributed by atoms with Crippen LogP contribution in [0.4, 0.5) is 28.9 Å². The van der Waals surface area contributed by atoms with Crippen LogP contribution in [0.3, 0.4) is 0 Å². The van der Waals surface area contributed by atoms with Crippen LogP contribution in [0.15, 0.2) is 48.5 Å². The van der Waals surface area contributed by atoms with Gasteiger partial charge in [-0.2, -0.15) is 13.2 Å². The molecule has 0 bridgehead atoms. The molecule has 1 N–H and O–H groups in total. The predicted molar refractivity (Wildman–Crippen MR) is 87.8 cm³/mol. The van der Waals surface area contributed by atoms with Crippen LogP contribution in [-0.4, -0.2) is 18.1 Å². The quantitative estimate of drug-likeness (QED) is 0.529. The number of carbonyl (C=O) groups is 1. The van der Waals surface area contributed by atoms with E-state index in [0.29, 0.717) is 5.39 Å². The Hall–Kier alpha value is -3.16. The molecule has 0 fully saturated rings. The van der Waals surface area contributed by atoms with Crippen LogP contribution in [0.2, 0.25) is 0 Å². The van der Waals surface area contributed by atoms with Crippen molar-refractivity contribution in [3.05, 3.63) is 65.6 Å². The van der Waals surface area contributed by atoms with E-state index in [0.717, 1.165) is 19.2 Å². The molecule has 1 aromatic heterocycles. The Bertz CT molecular complexity index is 987. The van der Waals surface area contributed by atoms with Gasteiger partial charge in [0.25, 0.3) is 0 Å². The van der Waals surface area contributed by atoms with Crippen molar-refractivity contribution in [2.24, 2.45) is 0 Å². The monoisotopic (exact) mass is 364 g/mol. The summed E-state index contributed by atoms with van der Waals surface area (Å²) in [6.45, 7) is 0. The van der Waals surface area contributed by atoms with E-state index in [-0.39, 0.29) is 22.6 Å². The Morgan fingerprint density at radius 2 is 1.85 bits per heavy atom. The molecule has 3 rings (SSSR count). The van der Waals surface area contributed by atoms with E-state index in [1.54, 1.807) is 6.07 Å². The highest BCUT2D eigenvalue weighted by molar-refractivity contribution is 5.99. The van der Waals surface area contributed by atoms with Crippen molar-refractivity contribution in [3.8, 4) is 0 Å². The number of alkyl halides is 3. The van der Waals surface area contributed by atoms with Gasteiger partial charge in [0.05, 0.1) is 18.4 Å². The molecule has 0 aliphatic rings. The van der Waals surface area contributed by atoms with E-state index in [1.165, 1.54) is 30.3 Å². The molecular formula is C18H12F4N2O2. The molecule has 8 heteroatoms. The van der Waals surface area contributed by atoms with Gasteiger partial charge in [-0.15, -0.1) is 0 Å². The lowest BCUT2D eigenvalue weighted by atomic mass is 10.1. The van der Waals surface area contributed by atoms with Gasteiger partial charge in [0.15, 0.2) is 5.69 Å². The number of ether oxygens (including phenoxy) is 1. The Kier molecular flexibility index (Phi) is 4.50. The standard InChI is InChI=1S/C18H12F4N2O2/c1-26-17(25)15-9-14(12-6-3-7-13(19)16(12)24-15)23-11-5-2-4-10(8-11)18(20,21)22/h2-9H,1H3,(H,23,24). The van der Waals surface area contributed by atoms with Crippen molar-refractivity contribution in [1.82, 2.24) is 4.98 Å². The maximum absolute atomic E-state index is 14.1. The molecule has 0 spiro atoms. The highest BCUT2D eigenvalue weighted by Crippen LogP contribution is 2.33. The number of pyridine rings is 1. The van der Waals surface area contributed by atoms with Gasteiger partial charge in [0.1, 0.15) is 11.3 Å². The Morgan fingerprint density at radius 1 is 1.12 bits per heavy atom. The van der Waals surface area contributed by atoms with Gasteiger partial charge in [-0.25, -0.2) is 14.2 Å². The second-order valence-electron chi connectivity index (χ2n) is 5.39. The van der Waals surface area contributed by atoms with Crippen molar-refractivity contribution in [1.29, 1.82) is 0 Å². The molecule has 0 saturated heterocycles. The van der Waals surface area contributed by atoms with Crippen LogP contribution in [0.1, 0.15) is 16.1 Å². The third kappa shape index (κ3) is 3.44. The van der Waals surface area contributed by atoms with Gasteiger partial charge in [0, 0.05) is 11.1 Å². The van der Waals surface area contributed by atoms with Crippen LogP contribution >= 0.6 is 0 Å². The van der Waals surface area contributed by atoms with Crippen LogP contribution in [-0.2, 0) is 10.9 Å². The highest BCUT2D eigenvalue weighted by atomic mass is 19.4. The maximum Gasteiger partial charge on any atom is 0.416 e. The average Bonchev–Trinajstić information content (AvgIpc) is 2.61. The predicted octanol–water partition coefficient (Wildman–Crippen LogP) is 4.92. The van der Waals surface area contributed by atoms with Gasteiger partial charge in [-0.3, -0.25) is 0 Å². The first-order valence-corrected chi connectivity index (χ1v) is 7.41. The minimum absolute atomic E-state index is 0.0927. The lowest BCUT2D eigenvalue weighted by Gasteiger charge is -2.13. The number of hydrogen-bond acceptors (Lipinski definition) is 4. The molecule has 0 saturated carbocycles. The lowest BCUT2D eigenvalue weighted by molar-refractivity contribution is -0.137. The van der Waals surface area contributed by atoms with E-state index in [4.69, 9.17) is 0 Å². The number of rotatable bonds is 3. The van der Waals surface area contributed by atoms with Gasteiger partial charge in [0.2, 0.25) is 0 Å². The zero-order valence-corrected chi connectivity index (χ0v) is 13.4. The first-order valence-electron chi connectivity index (χ1n) is 7.41. The van der Waals surface area contributed by atoms with E-state index in [2.05, 4.69) is 15.0 Å². The Labute approximate surface area is 145 Å². The number of carbonyl (C=O) groups excluding carboxylic acids is 1. The summed E-state index contributed by atoms with van der Waals surface area (Å²) in [5.41, 5.74) is -0.730. The van der Waals surface area contributed by atoms with Crippen molar-refractivity contribution < 1.29 is 27.1 Å². The van der Waals surface area contributed by atoms with Gasteiger partial charge < -0.3 is 10.1 Å². The number of hydrogen-bond donors (Lipinski definition) is 1. The first kappa shape index (κ1) is 17.7. The second kappa shape index (κ2) is 6.62. The molecule has 0 atom stereocenters. The number of benzene rings is 2. The molecule has 0 amide bonds. The van der Waals surface area contributed by atoms with E-state index >= 15 is 0 Å². The normalized spacial score (nSPS) is 11.4. The van der Waals surface area contributed by atoms with Crippen molar-refractivity contribution in [2.75, 3.05) is 12.4 Å². The number of fused-ring (bicyclic) bond motifs is 1. The molecule has 0 aliphatic heterocycles. The van der Waals surface area contributed by atoms with E-state index < -0.39 is 23.5 Å². The molecule has 0 unspecified atom stereocenters. The zero-order chi connectivity index (χ0) is 18.9. The number of nitrogens with one attached hydrogen (secondary N) is 1. The van der Waals surface area contributed by atoms with Crippen molar-refractivity contribution in [3.63, 3.8) is 0 Å². The molecule has 1 heterocycles. The number of esters is 1.